The number of amides is 1. The van der Waals surface area contributed by atoms with Crippen LogP contribution in [0.1, 0.15) is 42.9 Å². The lowest BCUT2D eigenvalue weighted by Crippen LogP contribution is -2.37. The summed E-state index contributed by atoms with van der Waals surface area (Å²) >= 11 is 0. The number of fused-ring (bicyclic) bond motifs is 1. The van der Waals surface area contributed by atoms with Gasteiger partial charge in [0, 0.05) is 11.6 Å². The Bertz CT molecular complexity index is 1080. The molecule has 0 spiro atoms. The van der Waals surface area contributed by atoms with E-state index in [0.29, 0.717) is 36.0 Å². The minimum absolute atomic E-state index is 0.0240. The van der Waals surface area contributed by atoms with Crippen molar-refractivity contribution in [1.29, 1.82) is 0 Å². The Labute approximate surface area is 186 Å². The van der Waals surface area contributed by atoms with Gasteiger partial charge in [-0.3, -0.25) is 9.59 Å². The maximum atomic E-state index is 13.2. The molecule has 2 aromatic carbocycles. The van der Waals surface area contributed by atoms with Crippen LogP contribution in [-0.4, -0.2) is 48.1 Å². The topological polar surface area (TPSA) is 85.3 Å². The summed E-state index contributed by atoms with van der Waals surface area (Å²) in [6, 6.07) is 11.6. The Morgan fingerprint density at radius 2 is 1.69 bits per heavy atom. The van der Waals surface area contributed by atoms with Gasteiger partial charge in [-0.05, 0) is 48.7 Å². The largest absolute Gasteiger partial charge is 0.507 e. The number of rotatable bonds is 4. The summed E-state index contributed by atoms with van der Waals surface area (Å²) in [4.78, 5) is 28.0. The fraction of sp³-hybridized carbons (Fsp3) is 0.360. The quantitative estimate of drug-likeness (QED) is 0.446. The van der Waals surface area contributed by atoms with Gasteiger partial charge < -0.3 is 24.2 Å². The molecule has 1 atom stereocenters. The summed E-state index contributed by atoms with van der Waals surface area (Å²) in [5, 5.41) is 11.3. The van der Waals surface area contributed by atoms with E-state index in [-0.39, 0.29) is 17.4 Å². The van der Waals surface area contributed by atoms with E-state index in [9.17, 15) is 14.7 Å². The van der Waals surface area contributed by atoms with Crippen molar-refractivity contribution in [1.82, 2.24) is 4.90 Å². The lowest BCUT2D eigenvalue weighted by atomic mass is 9.94. The molecule has 32 heavy (non-hydrogen) atoms. The molecule has 1 saturated carbocycles. The number of methoxy groups -OCH3 is 1. The molecular weight excluding hydrogens is 410 g/mol. The van der Waals surface area contributed by atoms with E-state index < -0.39 is 17.7 Å². The summed E-state index contributed by atoms with van der Waals surface area (Å²) in [5.74, 6) is 0.346. The van der Waals surface area contributed by atoms with E-state index in [2.05, 4.69) is 0 Å². The van der Waals surface area contributed by atoms with Crippen LogP contribution in [0.2, 0.25) is 0 Å². The molecule has 1 N–H and O–H groups in total. The van der Waals surface area contributed by atoms with Gasteiger partial charge in [0.25, 0.3) is 11.7 Å². The maximum Gasteiger partial charge on any atom is 0.295 e. The molecule has 166 valence electrons. The van der Waals surface area contributed by atoms with Crippen LogP contribution in [0, 0.1) is 0 Å². The van der Waals surface area contributed by atoms with E-state index in [4.69, 9.17) is 14.2 Å². The summed E-state index contributed by atoms with van der Waals surface area (Å²) in [6.45, 7) is 0.872. The molecule has 0 aromatic heterocycles. The number of likely N-dealkylation sites (tertiary alicyclic amines) is 1. The van der Waals surface area contributed by atoms with Crippen molar-refractivity contribution in [3.05, 3.63) is 59.2 Å². The number of nitrogens with zero attached hydrogens (tertiary/aromatic N) is 1. The summed E-state index contributed by atoms with van der Waals surface area (Å²) in [5.41, 5.74) is 1.27. The second-order valence-electron chi connectivity index (χ2n) is 8.28. The van der Waals surface area contributed by atoms with E-state index in [0.717, 1.165) is 31.2 Å². The van der Waals surface area contributed by atoms with Crippen LogP contribution in [0.25, 0.3) is 5.76 Å². The van der Waals surface area contributed by atoms with Crippen LogP contribution in [0.5, 0.6) is 17.2 Å². The molecular formula is C25H25NO6. The molecule has 2 aliphatic heterocycles. The van der Waals surface area contributed by atoms with Crippen molar-refractivity contribution in [3.63, 3.8) is 0 Å². The molecule has 1 unspecified atom stereocenters. The van der Waals surface area contributed by atoms with Gasteiger partial charge >= 0.3 is 0 Å². The zero-order chi connectivity index (χ0) is 22.2. The van der Waals surface area contributed by atoms with Gasteiger partial charge in [-0.15, -0.1) is 0 Å². The lowest BCUT2D eigenvalue weighted by Gasteiger charge is -2.30. The third kappa shape index (κ3) is 3.38. The lowest BCUT2D eigenvalue weighted by molar-refractivity contribution is -0.141. The van der Waals surface area contributed by atoms with Crippen LogP contribution in [0.3, 0.4) is 0 Å². The van der Waals surface area contributed by atoms with Crippen molar-refractivity contribution >= 4 is 17.4 Å². The van der Waals surface area contributed by atoms with E-state index in [1.807, 2.05) is 12.1 Å². The molecule has 1 amide bonds. The van der Waals surface area contributed by atoms with Crippen LogP contribution in [0.4, 0.5) is 0 Å². The van der Waals surface area contributed by atoms with E-state index >= 15 is 0 Å². The van der Waals surface area contributed by atoms with Gasteiger partial charge in [-0.25, -0.2) is 0 Å². The van der Waals surface area contributed by atoms with Crippen molar-refractivity contribution in [2.45, 2.75) is 37.8 Å². The molecule has 0 bridgehead atoms. The molecule has 1 saturated heterocycles. The third-order valence-corrected chi connectivity index (χ3v) is 6.45. The average molecular weight is 435 g/mol. The smallest absolute Gasteiger partial charge is 0.295 e. The average Bonchev–Trinajstić information content (AvgIpc) is 3.45. The standard InChI is InChI=1S/C25H25NO6/c1-30-18-9-6-15(7-10-18)22-21(24(28)25(29)26(22)17-4-2-3-5-17)23(27)16-8-11-19-20(14-16)32-13-12-31-19/h6-11,14,17,22,27H,2-5,12-13H2,1H3/b23-21-. The first-order chi connectivity index (χ1) is 15.6. The monoisotopic (exact) mass is 435 g/mol. The van der Waals surface area contributed by atoms with Crippen molar-refractivity contribution in [3.8, 4) is 17.2 Å². The molecule has 0 radical (unpaired) electrons. The van der Waals surface area contributed by atoms with Crippen molar-refractivity contribution < 1.29 is 28.9 Å². The van der Waals surface area contributed by atoms with Crippen LogP contribution in [0.15, 0.2) is 48.0 Å². The summed E-state index contributed by atoms with van der Waals surface area (Å²) in [6.07, 6.45) is 3.74. The second-order valence-corrected chi connectivity index (χ2v) is 8.28. The van der Waals surface area contributed by atoms with Crippen molar-refractivity contribution in [2.75, 3.05) is 20.3 Å². The number of Topliss-reactive ketones (excluding diaryl/α,β-unsaturated/α-hetero) is 1. The highest BCUT2D eigenvalue weighted by Gasteiger charge is 2.49. The van der Waals surface area contributed by atoms with Gasteiger partial charge in [-0.1, -0.05) is 25.0 Å². The zero-order valence-corrected chi connectivity index (χ0v) is 17.9. The second kappa shape index (κ2) is 8.22. The summed E-state index contributed by atoms with van der Waals surface area (Å²) < 4.78 is 16.4. The molecule has 1 aliphatic carbocycles. The fourth-order valence-corrected chi connectivity index (χ4v) is 4.87. The number of ether oxygens (including phenoxy) is 3. The number of benzene rings is 2. The van der Waals surface area contributed by atoms with E-state index in [1.165, 1.54) is 0 Å². The van der Waals surface area contributed by atoms with E-state index in [1.54, 1.807) is 42.3 Å². The Morgan fingerprint density at radius 3 is 2.38 bits per heavy atom. The predicted octanol–water partition coefficient (Wildman–Crippen LogP) is 3.83. The Balaban J connectivity index is 1.63. The van der Waals surface area contributed by atoms with Crippen LogP contribution in [-0.2, 0) is 9.59 Å². The number of carbonyl (C=O) groups is 2. The zero-order valence-electron chi connectivity index (χ0n) is 17.9. The Kier molecular flexibility index (Phi) is 5.25. The first-order valence-corrected chi connectivity index (χ1v) is 10.9. The maximum absolute atomic E-state index is 13.2. The SMILES string of the molecule is COc1ccc(C2/C(=C(/O)c3ccc4c(c3)OCCO4)C(=O)C(=O)N2C2CCCC2)cc1. The van der Waals surface area contributed by atoms with Gasteiger partial charge in [0.2, 0.25) is 0 Å². The highest BCUT2D eigenvalue weighted by molar-refractivity contribution is 6.46. The number of hydrogen-bond donors (Lipinski definition) is 1. The minimum atomic E-state index is -0.662. The number of ketones is 1. The van der Waals surface area contributed by atoms with Crippen LogP contribution < -0.4 is 14.2 Å². The summed E-state index contributed by atoms with van der Waals surface area (Å²) in [7, 11) is 1.58. The fourth-order valence-electron chi connectivity index (χ4n) is 4.87. The molecule has 5 rings (SSSR count). The third-order valence-electron chi connectivity index (χ3n) is 6.45. The number of aliphatic hydroxyl groups is 1. The number of carbonyl (C=O) groups excluding carboxylic acids is 2. The molecule has 7 nitrogen and oxygen atoms in total. The first kappa shape index (κ1) is 20.4. The highest BCUT2D eigenvalue weighted by atomic mass is 16.6. The van der Waals surface area contributed by atoms with Gasteiger partial charge in [0.1, 0.15) is 24.7 Å². The van der Waals surface area contributed by atoms with Gasteiger partial charge in [0.05, 0.1) is 18.7 Å². The molecule has 7 heteroatoms. The van der Waals surface area contributed by atoms with Gasteiger partial charge in [0.15, 0.2) is 11.5 Å². The predicted molar refractivity (Wildman–Crippen MR) is 117 cm³/mol. The Morgan fingerprint density at radius 1 is 1.00 bits per heavy atom. The molecule has 3 aliphatic rings. The number of hydrogen-bond acceptors (Lipinski definition) is 6. The van der Waals surface area contributed by atoms with Gasteiger partial charge in [-0.2, -0.15) is 0 Å². The highest BCUT2D eigenvalue weighted by Crippen LogP contribution is 2.44. The Hall–Kier alpha value is -3.48. The molecule has 2 fully saturated rings. The minimum Gasteiger partial charge on any atom is -0.507 e. The first-order valence-electron chi connectivity index (χ1n) is 10.9. The van der Waals surface area contributed by atoms with Crippen LogP contribution >= 0.6 is 0 Å². The number of aliphatic hydroxyl groups excluding tert-OH is 1. The molecule has 2 aromatic rings. The normalized spacial score (nSPS) is 22.4. The van der Waals surface area contributed by atoms with Crippen molar-refractivity contribution in [2.24, 2.45) is 0 Å². The molecule has 2 heterocycles.